The summed E-state index contributed by atoms with van der Waals surface area (Å²) in [6.45, 7) is 0.155. The van der Waals surface area contributed by atoms with Crippen LogP contribution in [0.25, 0.3) is 0 Å². The number of methoxy groups -OCH3 is 1. The minimum absolute atomic E-state index is 0.0493. The van der Waals surface area contributed by atoms with Crippen molar-refractivity contribution in [3.8, 4) is 5.75 Å². The normalized spacial score (nSPS) is 11.3. The fourth-order valence-corrected chi connectivity index (χ4v) is 2.95. The van der Waals surface area contributed by atoms with Crippen LogP contribution in [0.2, 0.25) is 5.02 Å². The molecule has 1 aromatic carbocycles. The van der Waals surface area contributed by atoms with E-state index in [9.17, 15) is 8.42 Å². The first-order chi connectivity index (χ1) is 9.53. The Hall–Kier alpha value is -1.63. The zero-order valence-electron chi connectivity index (χ0n) is 10.7. The van der Waals surface area contributed by atoms with Gasteiger partial charge in [-0.3, -0.25) is 4.98 Å². The van der Waals surface area contributed by atoms with Gasteiger partial charge in [0, 0.05) is 30.0 Å². The number of sulfonamides is 1. The molecule has 0 aliphatic carbocycles. The molecule has 2 rings (SSSR count). The van der Waals surface area contributed by atoms with Gasteiger partial charge >= 0.3 is 0 Å². The molecule has 0 spiro atoms. The summed E-state index contributed by atoms with van der Waals surface area (Å²) in [7, 11) is -2.28. The number of benzene rings is 1. The number of aromatic nitrogens is 1. The zero-order valence-corrected chi connectivity index (χ0v) is 12.3. The van der Waals surface area contributed by atoms with E-state index in [2.05, 4.69) is 9.71 Å². The van der Waals surface area contributed by atoms with Gasteiger partial charge in [-0.1, -0.05) is 17.7 Å². The smallest absolute Gasteiger partial charge is 0.244 e. The minimum atomic E-state index is -3.68. The van der Waals surface area contributed by atoms with E-state index >= 15 is 0 Å². The molecule has 7 heteroatoms. The van der Waals surface area contributed by atoms with Gasteiger partial charge in [-0.2, -0.15) is 0 Å². The molecule has 2 aromatic rings. The minimum Gasteiger partial charge on any atom is -0.495 e. The van der Waals surface area contributed by atoms with Crippen molar-refractivity contribution in [1.82, 2.24) is 9.71 Å². The Morgan fingerprint density at radius 3 is 2.80 bits per heavy atom. The Morgan fingerprint density at radius 1 is 1.35 bits per heavy atom. The van der Waals surface area contributed by atoms with Crippen LogP contribution in [0.1, 0.15) is 5.56 Å². The van der Waals surface area contributed by atoms with Gasteiger partial charge in [-0.05, 0) is 23.8 Å². The summed E-state index contributed by atoms with van der Waals surface area (Å²) in [6.07, 6.45) is 3.22. The molecule has 1 N–H and O–H groups in total. The molecule has 0 saturated heterocycles. The lowest BCUT2D eigenvalue weighted by atomic mass is 10.3. The quantitative estimate of drug-likeness (QED) is 0.919. The largest absolute Gasteiger partial charge is 0.495 e. The first-order valence-corrected chi connectivity index (χ1v) is 7.61. The summed E-state index contributed by atoms with van der Waals surface area (Å²) in [6, 6.07) is 7.90. The first-order valence-electron chi connectivity index (χ1n) is 5.75. The van der Waals surface area contributed by atoms with Crippen molar-refractivity contribution in [2.75, 3.05) is 7.11 Å². The molecular weight excluding hydrogens is 300 g/mol. The van der Waals surface area contributed by atoms with Crippen LogP contribution in [0, 0.1) is 0 Å². The predicted molar refractivity (Wildman–Crippen MR) is 76.3 cm³/mol. The van der Waals surface area contributed by atoms with Crippen LogP contribution in [0.4, 0.5) is 0 Å². The molecule has 1 heterocycles. The number of rotatable bonds is 5. The van der Waals surface area contributed by atoms with Crippen molar-refractivity contribution in [3.05, 3.63) is 53.3 Å². The van der Waals surface area contributed by atoms with Crippen LogP contribution in [0.15, 0.2) is 47.6 Å². The number of halogens is 1. The molecule has 0 bridgehead atoms. The SMILES string of the molecule is COc1cc(Cl)ccc1S(=O)(=O)NCc1cccnc1. The molecule has 1 aromatic heterocycles. The first kappa shape index (κ1) is 14.8. The summed E-state index contributed by atoms with van der Waals surface area (Å²) < 4.78 is 32.0. The van der Waals surface area contributed by atoms with Gasteiger partial charge in [-0.25, -0.2) is 13.1 Å². The summed E-state index contributed by atoms with van der Waals surface area (Å²) in [5, 5.41) is 0.410. The van der Waals surface area contributed by atoms with Crippen LogP contribution < -0.4 is 9.46 Å². The molecule has 0 aliphatic rings. The van der Waals surface area contributed by atoms with Crippen molar-refractivity contribution >= 4 is 21.6 Å². The second-order valence-corrected chi connectivity index (χ2v) is 6.15. The third kappa shape index (κ3) is 3.47. The highest BCUT2D eigenvalue weighted by molar-refractivity contribution is 7.89. The topological polar surface area (TPSA) is 68.3 Å². The Kier molecular flexibility index (Phi) is 4.59. The summed E-state index contributed by atoms with van der Waals surface area (Å²) >= 11 is 5.82. The Bertz CT molecular complexity index is 690. The lowest BCUT2D eigenvalue weighted by Gasteiger charge is -2.11. The summed E-state index contributed by atoms with van der Waals surface area (Å²) in [5.41, 5.74) is 0.768. The van der Waals surface area contributed by atoms with E-state index in [1.807, 2.05) is 0 Å². The number of nitrogens with zero attached hydrogens (tertiary/aromatic N) is 1. The van der Waals surface area contributed by atoms with Gasteiger partial charge < -0.3 is 4.74 Å². The number of pyridine rings is 1. The maximum absolute atomic E-state index is 12.2. The third-order valence-corrected chi connectivity index (χ3v) is 4.28. The molecular formula is C13H13ClN2O3S. The lowest BCUT2D eigenvalue weighted by molar-refractivity contribution is 0.402. The maximum Gasteiger partial charge on any atom is 0.244 e. The van der Waals surface area contributed by atoms with E-state index in [-0.39, 0.29) is 17.2 Å². The van der Waals surface area contributed by atoms with Gasteiger partial charge in [-0.15, -0.1) is 0 Å². The van der Waals surface area contributed by atoms with E-state index in [4.69, 9.17) is 16.3 Å². The van der Waals surface area contributed by atoms with Crippen molar-refractivity contribution < 1.29 is 13.2 Å². The van der Waals surface area contributed by atoms with Crippen LogP contribution in [0.5, 0.6) is 5.75 Å². The molecule has 0 amide bonds. The highest BCUT2D eigenvalue weighted by atomic mass is 35.5. The van der Waals surface area contributed by atoms with E-state index < -0.39 is 10.0 Å². The average Bonchev–Trinajstić information content (AvgIpc) is 2.46. The van der Waals surface area contributed by atoms with E-state index in [0.29, 0.717) is 5.02 Å². The molecule has 0 saturated carbocycles. The van der Waals surface area contributed by atoms with E-state index in [1.54, 1.807) is 24.5 Å². The van der Waals surface area contributed by atoms with Crippen molar-refractivity contribution in [2.45, 2.75) is 11.4 Å². The second kappa shape index (κ2) is 6.21. The van der Waals surface area contributed by atoms with Crippen LogP contribution in [0.3, 0.4) is 0 Å². The molecule has 0 radical (unpaired) electrons. The van der Waals surface area contributed by atoms with Gasteiger partial charge in [0.15, 0.2) is 0 Å². The monoisotopic (exact) mass is 312 g/mol. The van der Waals surface area contributed by atoms with Crippen molar-refractivity contribution in [1.29, 1.82) is 0 Å². The number of hydrogen-bond donors (Lipinski definition) is 1. The van der Waals surface area contributed by atoms with Gasteiger partial charge in [0.25, 0.3) is 0 Å². The standard InChI is InChI=1S/C13H13ClN2O3S/c1-19-12-7-11(14)4-5-13(12)20(17,18)16-9-10-3-2-6-15-8-10/h2-8,16H,9H2,1H3. The molecule has 5 nitrogen and oxygen atoms in total. The highest BCUT2D eigenvalue weighted by Gasteiger charge is 2.19. The lowest BCUT2D eigenvalue weighted by Crippen LogP contribution is -2.23. The average molecular weight is 313 g/mol. The fourth-order valence-electron chi connectivity index (χ4n) is 1.62. The van der Waals surface area contributed by atoms with E-state index in [1.165, 1.54) is 25.3 Å². The number of ether oxygens (including phenoxy) is 1. The molecule has 0 aliphatic heterocycles. The molecule has 0 fully saturated rings. The van der Waals surface area contributed by atoms with Gasteiger partial charge in [0.05, 0.1) is 7.11 Å². The van der Waals surface area contributed by atoms with Crippen molar-refractivity contribution in [3.63, 3.8) is 0 Å². The molecule has 20 heavy (non-hydrogen) atoms. The third-order valence-electron chi connectivity index (χ3n) is 2.60. The highest BCUT2D eigenvalue weighted by Crippen LogP contribution is 2.27. The van der Waals surface area contributed by atoms with Crippen LogP contribution >= 0.6 is 11.6 Å². The van der Waals surface area contributed by atoms with Crippen molar-refractivity contribution in [2.24, 2.45) is 0 Å². The number of nitrogens with one attached hydrogen (secondary N) is 1. The Morgan fingerprint density at radius 2 is 2.15 bits per heavy atom. The van der Waals surface area contributed by atoms with Crippen LogP contribution in [-0.2, 0) is 16.6 Å². The van der Waals surface area contributed by atoms with Gasteiger partial charge in [0.2, 0.25) is 10.0 Å². The summed E-state index contributed by atoms with van der Waals surface area (Å²) in [4.78, 5) is 3.98. The Labute approximate surface area is 122 Å². The molecule has 106 valence electrons. The molecule has 0 atom stereocenters. The fraction of sp³-hybridized carbons (Fsp3) is 0.154. The zero-order chi connectivity index (χ0) is 14.6. The molecule has 0 unspecified atom stereocenters. The Balaban J connectivity index is 2.22. The maximum atomic E-state index is 12.2. The van der Waals surface area contributed by atoms with Crippen LogP contribution in [-0.4, -0.2) is 20.5 Å². The number of hydrogen-bond acceptors (Lipinski definition) is 4. The predicted octanol–water partition coefficient (Wildman–Crippen LogP) is 2.22. The van der Waals surface area contributed by atoms with E-state index in [0.717, 1.165) is 5.56 Å². The second-order valence-electron chi connectivity index (χ2n) is 3.98. The summed E-state index contributed by atoms with van der Waals surface area (Å²) in [5.74, 6) is 0.205. The van der Waals surface area contributed by atoms with Gasteiger partial charge in [0.1, 0.15) is 10.6 Å².